The van der Waals surface area contributed by atoms with Crippen LogP contribution in [-0.4, -0.2) is 17.5 Å². The Hall–Kier alpha value is -2.40. The molecule has 1 fully saturated rings. The van der Waals surface area contributed by atoms with Gasteiger partial charge in [0.15, 0.2) is 0 Å². The Balaban J connectivity index is 1.84. The van der Waals surface area contributed by atoms with Crippen LogP contribution < -0.4 is 0 Å². The van der Waals surface area contributed by atoms with Gasteiger partial charge in [-0.05, 0) is 42.3 Å². The van der Waals surface area contributed by atoms with Gasteiger partial charge in [0.1, 0.15) is 17.2 Å². The van der Waals surface area contributed by atoms with E-state index >= 15 is 0 Å². The molecule has 2 aromatic carbocycles. The van der Waals surface area contributed by atoms with E-state index in [9.17, 15) is 13.6 Å². The average Bonchev–Trinajstić information content (AvgIpc) is 2.64. The fourth-order valence-electron chi connectivity index (χ4n) is 3.42. The van der Waals surface area contributed by atoms with Crippen molar-refractivity contribution in [1.29, 1.82) is 0 Å². The number of carbonyl (C=O) groups excluding carboxylic acids is 1. The quantitative estimate of drug-likeness (QED) is 0.585. The van der Waals surface area contributed by atoms with E-state index in [0.717, 1.165) is 5.56 Å². The number of benzene rings is 2. The van der Waals surface area contributed by atoms with Crippen molar-refractivity contribution in [2.45, 2.75) is 31.4 Å². The highest BCUT2D eigenvalue weighted by molar-refractivity contribution is 6.30. The first-order valence-electron chi connectivity index (χ1n) is 8.68. The predicted octanol–water partition coefficient (Wildman–Crippen LogP) is 5.99. The zero-order chi connectivity index (χ0) is 19.6. The van der Waals surface area contributed by atoms with E-state index in [1.54, 1.807) is 29.2 Å². The highest BCUT2D eigenvalue weighted by atomic mass is 35.5. The first-order chi connectivity index (χ1) is 12.9. The molecule has 0 aliphatic carbocycles. The van der Waals surface area contributed by atoms with Gasteiger partial charge in [0, 0.05) is 19.4 Å². The van der Waals surface area contributed by atoms with E-state index in [0.29, 0.717) is 24.9 Å². The lowest BCUT2D eigenvalue weighted by Crippen LogP contribution is -2.48. The molecule has 1 saturated heterocycles. The molecule has 0 unspecified atom stereocenters. The molecule has 3 nitrogen and oxygen atoms in total. The van der Waals surface area contributed by atoms with Crippen molar-refractivity contribution in [2.75, 3.05) is 6.54 Å². The molecule has 0 saturated carbocycles. The van der Waals surface area contributed by atoms with Crippen molar-refractivity contribution in [2.24, 2.45) is 0 Å². The summed E-state index contributed by atoms with van der Waals surface area (Å²) in [6.07, 6.45) is 2.11. The lowest BCUT2D eigenvalue weighted by atomic mass is 9.85. The number of ether oxygens (including phenoxy) is 1. The summed E-state index contributed by atoms with van der Waals surface area (Å²) in [7, 11) is 0. The molecular weight excluding hydrogens is 372 g/mol. The average molecular weight is 392 g/mol. The molecule has 27 heavy (non-hydrogen) atoms. The molecule has 0 bridgehead atoms. The number of halogens is 3. The fourth-order valence-corrected chi connectivity index (χ4v) is 3.54. The van der Waals surface area contributed by atoms with Gasteiger partial charge in [0.2, 0.25) is 0 Å². The summed E-state index contributed by atoms with van der Waals surface area (Å²) >= 11 is 5.73. The maximum absolute atomic E-state index is 13.8. The Labute approximate surface area is 162 Å². The minimum Gasteiger partial charge on any atom is -0.437 e. The van der Waals surface area contributed by atoms with E-state index in [1.807, 2.05) is 6.92 Å². The molecule has 0 spiro atoms. The number of hydrogen-bond donors (Lipinski definition) is 0. The van der Waals surface area contributed by atoms with Crippen LogP contribution in [0.15, 0.2) is 55.1 Å². The topological polar surface area (TPSA) is 29.5 Å². The van der Waals surface area contributed by atoms with Crippen LogP contribution in [0.25, 0.3) is 0 Å². The molecule has 1 aliphatic rings. The lowest BCUT2D eigenvalue weighted by molar-refractivity contribution is -0.0589. The highest BCUT2D eigenvalue weighted by Crippen LogP contribution is 2.40. The molecule has 6 heteroatoms. The van der Waals surface area contributed by atoms with Crippen molar-refractivity contribution < 1.29 is 18.3 Å². The number of rotatable bonds is 5. The third kappa shape index (κ3) is 3.83. The molecule has 142 valence electrons. The van der Waals surface area contributed by atoms with Crippen molar-refractivity contribution in [3.05, 3.63) is 82.9 Å². The Morgan fingerprint density at radius 2 is 2.00 bits per heavy atom. The number of amides is 1. The molecule has 1 amide bonds. The van der Waals surface area contributed by atoms with Gasteiger partial charge in [-0.25, -0.2) is 13.6 Å². The van der Waals surface area contributed by atoms with Crippen LogP contribution in [0.1, 0.15) is 36.9 Å². The van der Waals surface area contributed by atoms with E-state index in [-0.39, 0.29) is 16.9 Å². The van der Waals surface area contributed by atoms with Gasteiger partial charge in [-0.2, -0.15) is 0 Å². The summed E-state index contributed by atoms with van der Waals surface area (Å²) in [6, 6.07) is 10.1. The SMILES string of the molecule is C=CC[C@@]1(c2ccc(F)cc2)CCN([C@@H](C)c2ccc(Cl)c(F)c2)C(=O)O1. The number of carbonyl (C=O) groups is 1. The molecular formula is C21H20ClF2NO2. The molecule has 1 aliphatic heterocycles. The van der Waals surface area contributed by atoms with Crippen molar-refractivity contribution >= 4 is 17.7 Å². The normalized spacial score (nSPS) is 20.9. The van der Waals surface area contributed by atoms with E-state index in [4.69, 9.17) is 16.3 Å². The van der Waals surface area contributed by atoms with Crippen molar-refractivity contribution in [3.63, 3.8) is 0 Å². The van der Waals surface area contributed by atoms with Crippen LogP contribution >= 0.6 is 11.6 Å². The van der Waals surface area contributed by atoms with Gasteiger partial charge in [-0.15, -0.1) is 6.58 Å². The summed E-state index contributed by atoms with van der Waals surface area (Å²) in [6.45, 7) is 5.97. The molecule has 0 aromatic heterocycles. The fraction of sp³-hybridized carbons (Fsp3) is 0.286. The second-order valence-corrected chi connectivity index (χ2v) is 7.06. The van der Waals surface area contributed by atoms with E-state index in [1.165, 1.54) is 24.3 Å². The van der Waals surface area contributed by atoms with Gasteiger partial charge >= 0.3 is 6.09 Å². The van der Waals surface area contributed by atoms with Crippen molar-refractivity contribution in [1.82, 2.24) is 4.90 Å². The van der Waals surface area contributed by atoms with Crippen LogP contribution in [0.3, 0.4) is 0 Å². The second-order valence-electron chi connectivity index (χ2n) is 6.65. The summed E-state index contributed by atoms with van der Waals surface area (Å²) in [4.78, 5) is 14.3. The van der Waals surface area contributed by atoms with Crippen LogP contribution in [0.2, 0.25) is 5.02 Å². The van der Waals surface area contributed by atoms with Gasteiger partial charge in [-0.1, -0.05) is 35.9 Å². The van der Waals surface area contributed by atoms with Crippen LogP contribution in [0.5, 0.6) is 0 Å². The van der Waals surface area contributed by atoms with Gasteiger partial charge in [-0.3, -0.25) is 0 Å². The summed E-state index contributed by atoms with van der Waals surface area (Å²) in [5.41, 5.74) is 0.474. The van der Waals surface area contributed by atoms with Gasteiger partial charge in [0.25, 0.3) is 0 Å². The minimum atomic E-state index is -0.881. The maximum atomic E-state index is 13.8. The largest absolute Gasteiger partial charge is 0.437 e. The zero-order valence-corrected chi connectivity index (χ0v) is 15.7. The van der Waals surface area contributed by atoms with Gasteiger partial charge in [0.05, 0.1) is 11.1 Å². The summed E-state index contributed by atoms with van der Waals surface area (Å²) in [5, 5.41) is 0.0356. The van der Waals surface area contributed by atoms with Crippen LogP contribution in [0.4, 0.5) is 13.6 Å². The Morgan fingerprint density at radius 1 is 1.30 bits per heavy atom. The van der Waals surface area contributed by atoms with E-state index < -0.39 is 17.5 Å². The monoisotopic (exact) mass is 391 g/mol. The van der Waals surface area contributed by atoms with Crippen LogP contribution in [-0.2, 0) is 10.3 Å². The lowest BCUT2D eigenvalue weighted by Gasteiger charge is -2.43. The predicted molar refractivity (Wildman–Crippen MR) is 101 cm³/mol. The molecule has 0 radical (unpaired) electrons. The van der Waals surface area contributed by atoms with Gasteiger partial charge < -0.3 is 9.64 Å². The summed E-state index contributed by atoms with van der Waals surface area (Å²) in [5.74, 6) is -0.881. The first-order valence-corrected chi connectivity index (χ1v) is 9.05. The minimum absolute atomic E-state index is 0.0356. The van der Waals surface area contributed by atoms with Crippen molar-refractivity contribution in [3.8, 4) is 0 Å². The molecule has 1 heterocycles. The third-order valence-electron chi connectivity index (χ3n) is 5.01. The highest BCUT2D eigenvalue weighted by Gasteiger charge is 2.42. The number of hydrogen-bond acceptors (Lipinski definition) is 2. The summed E-state index contributed by atoms with van der Waals surface area (Å²) < 4.78 is 32.9. The van der Waals surface area contributed by atoms with Crippen LogP contribution in [0, 0.1) is 11.6 Å². The standard InChI is InChI=1S/C21H20ClF2NO2/c1-3-10-21(16-5-7-17(23)8-6-16)11-12-25(20(26)27-21)14(2)15-4-9-18(22)19(24)13-15/h3-9,13-14H,1,10-12H2,2H3/t14-,21-/m0/s1. The Morgan fingerprint density at radius 3 is 2.59 bits per heavy atom. The Bertz CT molecular complexity index is 856. The molecule has 0 N–H and O–H groups in total. The van der Waals surface area contributed by atoms with E-state index in [2.05, 4.69) is 6.58 Å². The molecule has 2 atom stereocenters. The third-order valence-corrected chi connectivity index (χ3v) is 5.32. The Kier molecular flexibility index (Phi) is 5.51. The number of cyclic esters (lactones) is 1. The first kappa shape index (κ1) is 19.4. The molecule has 2 aromatic rings. The second kappa shape index (κ2) is 7.69. The number of nitrogens with zero attached hydrogens (tertiary/aromatic N) is 1. The maximum Gasteiger partial charge on any atom is 0.411 e. The smallest absolute Gasteiger partial charge is 0.411 e. The molecule has 3 rings (SSSR count). The zero-order valence-electron chi connectivity index (χ0n) is 14.9.